The van der Waals surface area contributed by atoms with Gasteiger partial charge in [0.2, 0.25) is 5.82 Å². The van der Waals surface area contributed by atoms with Gasteiger partial charge in [0.05, 0.1) is 15.9 Å². The molecule has 0 aliphatic rings. The number of nitrogens with two attached hydrogens (primary N) is 1. The van der Waals surface area contributed by atoms with Gasteiger partial charge < -0.3 is 5.73 Å². The molecular formula is C6H4FN3O4. The maximum absolute atomic E-state index is 12.8. The van der Waals surface area contributed by atoms with Crippen LogP contribution in [0.25, 0.3) is 0 Å². The van der Waals surface area contributed by atoms with Crippen molar-refractivity contribution in [3.05, 3.63) is 38.2 Å². The zero-order valence-corrected chi connectivity index (χ0v) is 6.64. The summed E-state index contributed by atoms with van der Waals surface area (Å²) in [7, 11) is 0. The minimum absolute atomic E-state index is 0.424. The van der Waals surface area contributed by atoms with Crippen molar-refractivity contribution < 1.29 is 14.2 Å². The van der Waals surface area contributed by atoms with Gasteiger partial charge in [-0.25, -0.2) is 0 Å². The van der Waals surface area contributed by atoms with Gasteiger partial charge in [0.25, 0.3) is 5.69 Å². The molecule has 0 aromatic heterocycles. The molecule has 0 atom stereocenters. The van der Waals surface area contributed by atoms with E-state index in [4.69, 9.17) is 5.73 Å². The van der Waals surface area contributed by atoms with Crippen molar-refractivity contribution in [1.29, 1.82) is 0 Å². The van der Waals surface area contributed by atoms with E-state index in [-0.39, 0.29) is 0 Å². The Morgan fingerprint density at radius 1 is 1.14 bits per heavy atom. The smallest absolute Gasteiger partial charge is 0.307 e. The van der Waals surface area contributed by atoms with Crippen LogP contribution in [0.1, 0.15) is 0 Å². The Morgan fingerprint density at radius 3 is 2.07 bits per heavy atom. The monoisotopic (exact) mass is 201 g/mol. The van der Waals surface area contributed by atoms with Crippen LogP contribution < -0.4 is 5.73 Å². The van der Waals surface area contributed by atoms with Crippen molar-refractivity contribution in [2.75, 3.05) is 5.73 Å². The summed E-state index contributed by atoms with van der Waals surface area (Å²) in [5.74, 6) is -1.28. The first-order valence-electron chi connectivity index (χ1n) is 3.31. The summed E-state index contributed by atoms with van der Waals surface area (Å²) in [5.41, 5.74) is 3.11. The lowest BCUT2D eigenvalue weighted by Crippen LogP contribution is -2.00. The van der Waals surface area contributed by atoms with Crippen LogP contribution in [0, 0.1) is 26.0 Å². The molecule has 0 bridgehead atoms. The Balaban J connectivity index is 3.38. The summed E-state index contributed by atoms with van der Waals surface area (Å²) in [6.45, 7) is 0. The van der Waals surface area contributed by atoms with Crippen molar-refractivity contribution in [3.8, 4) is 0 Å². The number of nitrogen functional groups attached to an aromatic ring is 1. The van der Waals surface area contributed by atoms with Gasteiger partial charge in [0.1, 0.15) is 5.69 Å². The summed E-state index contributed by atoms with van der Waals surface area (Å²) in [5, 5.41) is 20.4. The van der Waals surface area contributed by atoms with Gasteiger partial charge in [-0.3, -0.25) is 20.2 Å². The second-order valence-electron chi connectivity index (χ2n) is 2.38. The van der Waals surface area contributed by atoms with Gasteiger partial charge in [-0.15, -0.1) is 0 Å². The molecule has 0 saturated carbocycles. The highest BCUT2D eigenvalue weighted by Crippen LogP contribution is 2.28. The van der Waals surface area contributed by atoms with Gasteiger partial charge in [0, 0.05) is 6.07 Å². The highest BCUT2D eigenvalue weighted by molar-refractivity contribution is 5.63. The van der Waals surface area contributed by atoms with Crippen LogP contribution in [0.2, 0.25) is 0 Å². The van der Waals surface area contributed by atoms with Gasteiger partial charge in [0.15, 0.2) is 0 Å². The summed E-state index contributed by atoms with van der Waals surface area (Å²) in [6, 6.07) is 1.04. The lowest BCUT2D eigenvalue weighted by Gasteiger charge is -1.97. The highest BCUT2D eigenvalue weighted by Gasteiger charge is 2.22. The topological polar surface area (TPSA) is 112 Å². The summed E-state index contributed by atoms with van der Waals surface area (Å²) in [6.07, 6.45) is 0. The molecule has 0 unspecified atom stereocenters. The van der Waals surface area contributed by atoms with Crippen LogP contribution in [-0.2, 0) is 0 Å². The minimum Gasteiger partial charge on any atom is -0.393 e. The molecule has 0 amide bonds. The van der Waals surface area contributed by atoms with Crippen molar-refractivity contribution >= 4 is 17.1 Å². The van der Waals surface area contributed by atoms with Crippen LogP contribution >= 0.6 is 0 Å². The first-order chi connectivity index (χ1) is 6.43. The van der Waals surface area contributed by atoms with E-state index >= 15 is 0 Å². The molecule has 0 radical (unpaired) electrons. The fourth-order valence-corrected chi connectivity index (χ4v) is 0.866. The van der Waals surface area contributed by atoms with E-state index in [0.29, 0.717) is 12.1 Å². The molecule has 0 aliphatic heterocycles. The average Bonchev–Trinajstić information content (AvgIpc) is 2.07. The molecule has 1 rings (SSSR count). The number of nitrogens with zero attached hydrogens (tertiary/aromatic N) is 2. The third kappa shape index (κ3) is 1.58. The molecule has 1 aromatic rings. The highest BCUT2D eigenvalue weighted by atomic mass is 19.1. The Hall–Kier alpha value is -2.25. The first-order valence-corrected chi connectivity index (χ1v) is 3.31. The number of rotatable bonds is 2. The molecule has 14 heavy (non-hydrogen) atoms. The third-order valence-corrected chi connectivity index (χ3v) is 1.49. The third-order valence-electron chi connectivity index (χ3n) is 1.49. The first kappa shape index (κ1) is 9.84. The number of nitro groups is 2. The van der Waals surface area contributed by atoms with Gasteiger partial charge in [-0.2, -0.15) is 4.39 Å². The lowest BCUT2D eigenvalue weighted by atomic mass is 10.2. The summed E-state index contributed by atoms with van der Waals surface area (Å²) < 4.78 is 12.8. The standard InChI is InChI=1S/C6H4FN3O4/c7-3-1-6(10(13)14)4(8)2-5(3)9(11)12/h1-2H,8H2. The largest absolute Gasteiger partial charge is 0.393 e. The Kier molecular flexibility index (Phi) is 2.28. The Labute approximate surface area is 76.2 Å². The zero-order chi connectivity index (χ0) is 10.9. The van der Waals surface area contributed by atoms with E-state index in [1.54, 1.807) is 0 Å². The number of anilines is 1. The number of nitro benzene ring substituents is 2. The van der Waals surface area contributed by atoms with Gasteiger partial charge >= 0.3 is 5.69 Å². The quantitative estimate of drug-likeness (QED) is 0.439. The lowest BCUT2D eigenvalue weighted by molar-refractivity contribution is -0.390. The molecule has 1 aromatic carbocycles. The summed E-state index contributed by atoms with van der Waals surface area (Å²) in [4.78, 5) is 18.5. The molecule has 0 spiro atoms. The normalized spacial score (nSPS) is 9.79. The second kappa shape index (κ2) is 3.24. The van der Waals surface area contributed by atoms with Crippen molar-refractivity contribution in [2.45, 2.75) is 0 Å². The van der Waals surface area contributed by atoms with Crippen molar-refractivity contribution in [2.24, 2.45) is 0 Å². The van der Waals surface area contributed by atoms with Crippen molar-refractivity contribution in [3.63, 3.8) is 0 Å². The van der Waals surface area contributed by atoms with Crippen molar-refractivity contribution in [1.82, 2.24) is 0 Å². The van der Waals surface area contributed by atoms with E-state index in [1.807, 2.05) is 0 Å². The van der Waals surface area contributed by atoms with Crippen LogP contribution in [-0.4, -0.2) is 9.85 Å². The fraction of sp³-hybridized carbons (Fsp3) is 0. The predicted octanol–water partition coefficient (Wildman–Crippen LogP) is 1.22. The van der Waals surface area contributed by atoms with Crippen LogP contribution in [0.5, 0.6) is 0 Å². The van der Waals surface area contributed by atoms with Gasteiger partial charge in [-0.05, 0) is 0 Å². The molecular weight excluding hydrogens is 197 g/mol. The van der Waals surface area contributed by atoms with E-state index in [1.165, 1.54) is 0 Å². The molecule has 0 fully saturated rings. The molecule has 0 saturated heterocycles. The molecule has 7 nitrogen and oxygen atoms in total. The molecule has 2 N–H and O–H groups in total. The fourth-order valence-electron chi connectivity index (χ4n) is 0.866. The SMILES string of the molecule is Nc1cc([N+](=O)[O-])c(F)cc1[N+](=O)[O-]. The molecule has 74 valence electrons. The van der Waals surface area contributed by atoms with E-state index in [9.17, 15) is 24.6 Å². The maximum atomic E-state index is 12.8. The van der Waals surface area contributed by atoms with Crippen LogP contribution in [0.15, 0.2) is 12.1 Å². The van der Waals surface area contributed by atoms with E-state index in [0.717, 1.165) is 0 Å². The Morgan fingerprint density at radius 2 is 1.64 bits per heavy atom. The number of hydrogen-bond donors (Lipinski definition) is 1. The molecule has 8 heteroatoms. The molecule has 0 aliphatic carbocycles. The van der Waals surface area contributed by atoms with Crippen LogP contribution in [0.4, 0.5) is 21.5 Å². The van der Waals surface area contributed by atoms with E-state index in [2.05, 4.69) is 0 Å². The number of halogens is 1. The minimum atomic E-state index is -1.28. The summed E-state index contributed by atoms with van der Waals surface area (Å²) >= 11 is 0. The second-order valence-corrected chi connectivity index (χ2v) is 2.38. The average molecular weight is 201 g/mol. The Bertz CT molecular complexity index is 380. The maximum Gasteiger partial charge on any atom is 0.307 e. The van der Waals surface area contributed by atoms with E-state index < -0.39 is 32.7 Å². The van der Waals surface area contributed by atoms with Crippen LogP contribution in [0.3, 0.4) is 0 Å². The predicted molar refractivity (Wildman–Crippen MR) is 44.1 cm³/mol. The molecule has 0 heterocycles. The number of benzene rings is 1. The van der Waals surface area contributed by atoms with Gasteiger partial charge in [-0.1, -0.05) is 0 Å². The zero-order valence-electron chi connectivity index (χ0n) is 6.64. The number of hydrogen-bond acceptors (Lipinski definition) is 5.